The molecule has 4 fully saturated rings. The van der Waals surface area contributed by atoms with Gasteiger partial charge in [0.2, 0.25) is 5.92 Å². The van der Waals surface area contributed by atoms with Crippen molar-refractivity contribution in [3.05, 3.63) is 0 Å². The molecule has 0 spiro atoms. The van der Waals surface area contributed by atoms with Crippen LogP contribution in [0, 0.1) is 29.6 Å². The Morgan fingerprint density at radius 3 is 1.03 bits per heavy atom. The van der Waals surface area contributed by atoms with Gasteiger partial charge in [-0.05, 0) is 62.4 Å². The molecule has 4 rings (SSSR count). The van der Waals surface area contributed by atoms with Crippen LogP contribution >= 0.6 is 0 Å². The highest BCUT2D eigenvalue weighted by atomic mass is 19.3. The molecule has 31 heavy (non-hydrogen) atoms. The normalized spacial score (nSPS) is 24.7. The summed E-state index contributed by atoms with van der Waals surface area (Å²) in [6.07, 6.45) is 7.38. The molecule has 2 nitrogen and oxygen atoms in total. The van der Waals surface area contributed by atoms with Crippen LogP contribution in [0.5, 0.6) is 0 Å². The van der Waals surface area contributed by atoms with Crippen molar-refractivity contribution in [2.45, 2.75) is 120 Å². The Kier molecular flexibility index (Phi) is 26.2. The molecular formula is C27H59F2NO. The highest BCUT2D eigenvalue weighted by molar-refractivity contribution is 4.82. The lowest BCUT2D eigenvalue weighted by Crippen LogP contribution is -2.39. The second kappa shape index (κ2) is 23.0. The van der Waals surface area contributed by atoms with E-state index in [1.807, 2.05) is 27.7 Å². The van der Waals surface area contributed by atoms with Gasteiger partial charge in [-0.25, -0.2) is 8.78 Å². The zero-order valence-electron chi connectivity index (χ0n) is 23.1. The maximum Gasteiger partial charge on any atom is 0.248 e. The molecule has 0 aromatic rings. The topological polar surface area (TPSA) is 21.3 Å². The number of methoxy groups -OCH3 is 1. The van der Waals surface area contributed by atoms with Crippen molar-refractivity contribution in [2.75, 3.05) is 26.8 Å². The highest BCUT2D eigenvalue weighted by Gasteiger charge is 2.42. The van der Waals surface area contributed by atoms with Gasteiger partial charge in [0.05, 0.1) is 0 Å². The number of halogens is 2. The van der Waals surface area contributed by atoms with Crippen LogP contribution in [0.25, 0.3) is 0 Å². The summed E-state index contributed by atoms with van der Waals surface area (Å²) in [5, 5.41) is 3.16. The molecule has 3 aliphatic carbocycles. The average Bonchev–Trinajstić information content (AvgIpc) is 3.44. The lowest BCUT2D eigenvalue weighted by molar-refractivity contribution is -0.104. The van der Waals surface area contributed by atoms with E-state index in [0.29, 0.717) is 0 Å². The summed E-state index contributed by atoms with van der Waals surface area (Å²) in [5.74, 6) is 2.07. The SMILES string of the molecule is CC.CC1CC(C)C1.CC1CC(F)(F)C1.CC1CC1.CC1CNC1.CCC.CCOC. The van der Waals surface area contributed by atoms with Crippen molar-refractivity contribution in [2.24, 2.45) is 29.6 Å². The van der Waals surface area contributed by atoms with E-state index >= 15 is 0 Å². The molecule has 4 heteroatoms. The second-order valence-electron chi connectivity index (χ2n) is 9.78. The Bertz CT molecular complexity index is 322. The largest absolute Gasteiger partial charge is 0.385 e. The number of nitrogens with one attached hydrogen (secondary N) is 1. The fourth-order valence-corrected chi connectivity index (χ4v) is 2.86. The van der Waals surface area contributed by atoms with E-state index in [2.05, 4.69) is 51.6 Å². The Labute approximate surface area is 195 Å². The van der Waals surface area contributed by atoms with Crippen molar-refractivity contribution in [3.8, 4) is 0 Å². The van der Waals surface area contributed by atoms with Crippen molar-refractivity contribution in [1.29, 1.82) is 0 Å². The van der Waals surface area contributed by atoms with E-state index in [9.17, 15) is 8.78 Å². The second-order valence-corrected chi connectivity index (χ2v) is 9.78. The lowest BCUT2D eigenvalue weighted by atomic mass is 9.78. The Morgan fingerprint density at radius 1 is 0.742 bits per heavy atom. The van der Waals surface area contributed by atoms with Crippen LogP contribution in [0.1, 0.15) is 114 Å². The quantitative estimate of drug-likeness (QED) is 0.430. The van der Waals surface area contributed by atoms with Gasteiger partial charge >= 0.3 is 0 Å². The zero-order valence-corrected chi connectivity index (χ0v) is 23.1. The minimum absolute atomic E-state index is 0.104. The van der Waals surface area contributed by atoms with E-state index in [1.54, 1.807) is 7.11 Å². The number of ether oxygens (including phenoxy) is 1. The molecule has 0 amide bonds. The van der Waals surface area contributed by atoms with Crippen LogP contribution in [0.15, 0.2) is 0 Å². The van der Waals surface area contributed by atoms with Gasteiger partial charge in [0, 0.05) is 26.6 Å². The zero-order chi connectivity index (χ0) is 24.9. The van der Waals surface area contributed by atoms with Gasteiger partial charge < -0.3 is 10.1 Å². The molecule has 0 radical (unpaired) electrons. The molecule has 0 unspecified atom stereocenters. The van der Waals surface area contributed by atoms with Crippen LogP contribution in [-0.4, -0.2) is 32.7 Å². The van der Waals surface area contributed by atoms with E-state index in [-0.39, 0.29) is 18.8 Å². The lowest BCUT2D eigenvalue weighted by Gasteiger charge is -2.31. The van der Waals surface area contributed by atoms with E-state index < -0.39 is 5.92 Å². The average molecular weight is 452 g/mol. The molecule has 1 aliphatic heterocycles. The predicted octanol–water partition coefficient (Wildman–Crippen LogP) is 8.84. The first-order valence-corrected chi connectivity index (χ1v) is 13.1. The summed E-state index contributed by atoms with van der Waals surface area (Å²) in [6, 6.07) is 0. The summed E-state index contributed by atoms with van der Waals surface area (Å²) in [4.78, 5) is 0. The molecule has 3 saturated carbocycles. The van der Waals surface area contributed by atoms with Crippen LogP contribution in [0.2, 0.25) is 0 Å². The van der Waals surface area contributed by atoms with Crippen molar-refractivity contribution < 1.29 is 13.5 Å². The third-order valence-electron chi connectivity index (χ3n) is 5.04. The first-order chi connectivity index (χ1) is 14.5. The highest BCUT2D eigenvalue weighted by Crippen LogP contribution is 2.41. The van der Waals surface area contributed by atoms with Crippen LogP contribution in [0.4, 0.5) is 8.78 Å². The molecule has 192 valence electrons. The van der Waals surface area contributed by atoms with Gasteiger partial charge in [0.25, 0.3) is 0 Å². The Hall–Kier alpha value is -0.220. The molecule has 4 aliphatic rings. The van der Waals surface area contributed by atoms with Gasteiger partial charge in [0.1, 0.15) is 0 Å². The maximum atomic E-state index is 11.8. The third-order valence-corrected chi connectivity index (χ3v) is 5.04. The number of alkyl halides is 2. The summed E-state index contributed by atoms with van der Waals surface area (Å²) >= 11 is 0. The predicted molar refractivity (Wildman–Crippen MR) is 136 cm³/mol. The van der Waals surface area contributed by atoms with Gasteiger partial charge in [-0.2, -0.15) is 0 Å². The minimum Gasteiger partial charge on any atom is -0.385 e. The molecule has 0 aromatic heterocycles. The van der Waals surface area contributed by atoms with Gasteiger partial charge in [-0.3, -0.25) is 0 Å². The Morgan fingerprint density at radius 2 is 1.03 bits per heavy atom. The number of hydrogen-bond donors (Lipinski definition) is 1. The Balaban J connectivity index is -0.000000305. The first-order valence-electron chi connectivity index (χ1n) is 13.1. The van der Waals surface area contributed by atoms with Crippen molar-refractivity contribution in [1.82, 2.24) is 5.32 Å². The van der Waals surface area contributed by atoms with Crippen LogP contribution < -0.4 is 5.32 Å². The molecule has 0 aromatic carbocycles. The molecule has 0 bridgehead atoms. The molecule has 1 heterocycles. The monoisotopic (exact) mass is 451 g/mol. The molecular weight excluding hydrogens is 392 g/mol. The van der Waals surface area contributed by atoms with E-state index in [1.165, 1.54) is 45.2 Å². The van der Waals surface area contributed by atoms with E-state index in [4.69, 9.17) is 0 Å². The molecule has 1 N–H and O–H groups in total. The molecule has 1 saturated heterocycles. The van der Waals surface area contributed by atoms with Gasteiger partial charge in [-0.15, -0.1) is 0 Å². The summed E-state index contributed by atoms with van der Waals surface area (Å²) in [7, 11) is 1.68. The summed E-state index contributed by atoms with van der Waals surface area (Å²) in [6.45, 7) is 24.5. The van der Waals surface area contributed by atoms with Crippen LogP contribution in [-0.2, 0) is 4.74 Å². The van der Waals surface area contributed by atoms with Crippen LogP contribution in [0.3, 0.4) is 0 Å². The summed E-state index contributed by atoms with van der Waals surface area (Å²) < 4.78 is 28.1. The van der Waals surface area contributed by atoms with Crippen molar-refractivity contribution >= 4 is 0 Å². The molecule has 0 atom stereocenters. The maximum absolute atomic E-state index is 11.8. The van der Waals surface area contributed by atoms with Gasteiger partial charge in [-0.1, -0.05) is 81.6 Å². The fraction of sp³-hybridized carbons (Fsp3) is 1.00. The number of hydrogen-bond acceptors (Lipinski definition) is 2. The van der Waals surface area contributed by atoms with E-state index in [0.717, 1.165) is 30.3 Å². The van der Waals surface area contributed by atoms with Gasteiger partial charge in [0.15, 0.2) is 0 Å². The smallest absolute Gasteiger partial charge is 0.248 e. The van der Waals surface area contributed by atoms with Crippen molar-refractivity contribution in [3.63, 3.8) is 0 Å². The number of rotatable bonds is 1. The first kappa shape index (κ1) is 35.4. The summed E-state index contributed by atoms with van der Waals surface area (Å²) in [5.41, 5.74) is 0. The standard InChI is InChI=1S/C6H12.C5H8F2.C4H9N.C4H8.C3H8O.C3H8.C2H6/c1-5-3-6(2)4-5;1-4-2-5(6,7)3-4;1-4-2-5-3-4;1-4-2-3-4;1-3-4-2;1-3-2;1-2/h5-6H,3-4H2,1-2H3;4H,2-3H2,1H3;4-5H,2-3H2,1H3;4H,2-3H2,1H3;3H2,1-2H3;3H2,1-2H3;1-2H3. The third kappa shape index (κ3) is 29.8. The minimum atomic E-state index is -2.31. The fourth-order valence-electron chi connectivity index (χ4n) is 2.86.